The lowest BCUT2D eigenvalue weighted by Crippen LogP contribution is -2.33. The number of hydrogen-bond donors (Lipinski definition) is 2. The molecule has 0 aliphatic carbocycles. The highest BCUT2D eigenvalue weighted by Gasteiger charge is 2.12. The van der Waals surface area contributed by atoms with Gasteiger partial charge in [-0.2, -0.15) is 0 Å². The first-order valence-corrected chi connectivity index (χ1v) is 5.82. The van der Waals surface area contributed by atoms with E-state index in [0.29, 0.717) is 12.7 Å². The van der Waals surface area contributed by atoms with Crippen LogP contribution in [0.1, 0.15) is 25.7 Å². The summed E-state index contributed by atoms with van der Waals surface area (Å²) in [6, 6.07) is 0. The van der Waals surface area contributed by atoms with Gasteiger partial charge in [0.25, 0.3) is 0 Å². The van der Waals surface area contributed by atoms with Crippen LogP contribution in [0.4, 0.5) is 0 Å². The van der Waals surface area contributed by atoms with E-state index in [9.17, 15) is 5.11 Å². The van der Waals surface area contributed by atoms with E-state index in [2.05, 4.69) is 5.32 Å². The predicted octanol–water partition coefficient (Wildman–Crippen LogP) is 0.542. The molecule has 2 unspecified atom stereocenters. The zero-order chi connectivity index (χ0) is 10.9. The monoisotopic (exact) mass is 217 g/mol. The van der Waals surface area contributed by atoms with E-state index in [0.717, 1.165) is 32.5 Å². The van der Waals surface area contributed by atoms with E-state index in [1.165, 1.54) is 12.8 Å². The van der Waals surface area contributed by atoms with Crippen molar-refractivity contribution in [1.29, 1.82) is 0 Å². The molecule has 1 heterocycles. The summed E-state index contributed by atoms with van der Waals surface area (Å²) in [5, 5.41) is 12.7. The van der Waals surface area contributed by atoms with Crippen LogP contribution in [0.15, 0.2) is 0 Å². The molecule has 0 saturated carbocycles. The molecule has 1 fully saturated rings. The molecule has 0 radical (unpaired) electrons. The van der Waals surface area contributed by atoms with E-state index < -0.39 is 0 Å². The summed E-state index contributed by atoms with van der Waals surface area (Å²) < 4.78 is 10.4. The fraction of sp³-hybridized carbons (Fsp3) is 1.00. The summed E-state index contributed by atoms with van der Waals surface area (Å²) in [7, 11) is 1.60. The zero-order valence-electron chi connectivity index (χ0n) is 9.58. The fourth-order valence-electron chi connectivity index (χ4n) is 1.78. The molecule has 1 aliphatic heterocycles. The van der Waals surface area contributed by atoms with E-state index in [1.807, 2.05) is 0 Å². The lowest BCUT2D eigenvalue weighted by Gasteiger charge is -2.23. The van der Waals surface area contributed by atoms with Gasteiger partial charge in [0.15, 0.2) is 0 Å². The molecule has 4 nitrogen and oxygen atoms in total. The molecule has 0 aromatic rings. The first-order valence-electron chi connectivity index (χ1n) is 5.82. The van der Waals surface area contributed by atoms with Gasteiger partial charge in [0.2, 0.25) is 0 Å². The van der Waals surface area contributed by atoms with Gasteiger partial charge in [0, 0.05) is 20.3 Å². The Balaban J connectivity index is 1.91. The van der Waals surface area contributed by atoms with E-state index in [-0.39, 0.29) is 6.10 Å². The maximum Gasteiger partial charge on any atom is 0.0785 e. The fourth-order valence-corrected chi connectivity index (χ4v) is 1.78. The van der Waals surface area contributed by atoms with Crippen molar-refractivity contribution in [2.75, 3.05) is 33.4 Å². The van der Waals surface area contributed by atoms with Crippen molar-refractivity contribution in [3.05, 3.63) is 0 Å². The maximum absolute atomic E-state index is 9.39. The second-order valence-electron chi connectivity index (χ2n) is 4.09. The van der Waals surface area contributed by atoms with Crippen LogP contribution in [-0.2, 0) is 9.47 Å². The third-order valence-corrected chi connectivity index (χ3v) is 2.66. The molecule has 0 aromatic carbocycles. The van der Waals surface area contributed by atoms with Gasteiger partial charge in [-0.1, -0.05) is 0 Å². The summed E-state index contributed by atoms with van der Waals surface area (Å²) in [6.45, 7) is 3.05. The molecule has 0 amide bonds. The highest BCUT2D eigenvalue weighted by Crippen LogP contribution is 2.11. The molecule has 0 spiro atoms. The second-order valence-corrected chi connectivity index (χ2v) is 4.09. The summed E-state index contributed by atoms with van der Waals surface area (Å²) in [6.07, 6.45) is 4.39. The number of aliphatic hydroxyl groups excluding tert-OH is 1. The molecular formula is C11H23NO3. The zero-order valence-corrected chi connectivity index (χ0v) is 9.58. The number of ether oxygens (including phenoxy) is 2. The summed E-state index contributed by atoms with van der Waals surface area (Å²) >= 11 is 0. The van der Waals surface area contributed by atoms with Crippen LogP contribution in [-0.4, -0.2) is 50.7 Å². The quantitative estimate of drug-likeness (QED) is 0.611. The molecule has 90 valence electrons. The molecule has 1 saturated heterocycles. The maximum atomic E-state index is 9.39. The average molecular weight is 217 g/mol. The Kier molecular flexibility index (Phi) is 6.92. The Bertz CT molecular complexity index is 149. The number of rotatable bonds is 7. The Hall–Kier alpha value is -0.160. The summed E-state index contributed by atoms with van der Waals surface area (Å²) in [5.41, 5.74) is 0. The molecule has 1 rings (SSSR count). The Labute approximate surface area is 92.0 Å². The number of hydrogen-bond acceptors (Lipinski definition) is 4. The third kappa shape index (κ3) is 6.10. The van der Waals surface area contributed by atoms with Crippen LogP contribution in [0.5, 0.6) is 0 Å². The largest absolute Gasteiger partial charge is 0.391 e. The lowest BCUT2D eigenvalue weighted by molar-refractivity contribution is 0.0156. The van der Waals surface area contributed by atoms with Gasteiger partial charge in [-0.15, -0.1) is 0 Å². The van der Waals surface area contributed by atoms with Crippen molar-refractivity contribution in [1.82, 2.24) is 5.32 Å². The van der Waals surface area contributed by atoms with Crippen molar-refractivity contribution in [3.63, 3.8) is 0 Å². The topological polar surface area (TPSA) is 50.7 Å². The molecular weight excluding hydrogens is 194 g/mol. The minimum Gasteiger partial charge on any atom is -0.391 e. The number of methoxy groups -OCH3 is 1. The first-order chi connectivity index (χ1) is 7.33. The first kappa shape index (κ1) is 12.9. The van der Waals surface area contributed by atoms with Crippen LogP contribution in [0.25, 0.3) is 0 Å². The number of nitrogens with one attached hydrogen (secondary N) is 1. The molecule has 0 aromatic heterocycles. The summed E-state index contributed by atoms with van der Waals surface area (Å²) in [5.74, 6) is 0. The van der Waals surface area contributed by atoms with Crippen LogP contribution >= 0.6 is 0 Å². The van der Waals surface area contributed by atoms with Gasteiger partial charge in [-0.05, 0) is 32.2 Å². The van der Waals surface area contributed by atoms with Gasteiger partial charge in [0.05, 0.1) is 18.8 Å². The predicted molar refractivity (Wildman–Crippen MR) is 59.0 cm³/mol. The van der Waals surface area contributed by atoms with Crippen molar-refractivity contribution < 1.29 is 14.6 Å². The SMILES string of the molecule is COCC(O)CCNCC1CCCCO1. The van der Waals surface area contributed by atoms with Crippen molar-refractivity contribution >= 4 is 0 Å². The van der Waals surface area contributed by atoms with E-state index in [4.69, 9.17) is 9.47 Å². The van der Waals surface area contributed by atoms with Crippen molar-refractivity contribution in [3.8, 4) is 0 Å². The summed E-state index contributed by atoms with van der Waals surface area (Å²) in [4.78, 5) is 0. The smallest absolute Gasteiger partial charge is 0.0785 e. The Morgan fingerprint density at radius 1 is 1.53 bits per heavy atom. The molecule has 4 heteroatoms. The van der Waals surface area contributed by atoms with Crippen LogP contribution in [0.3, 0.4) is 0 Å². The minimum atomic E-state index is -0.352. The van der Waals surface area contributed by atoms with E-state index >= 15 is 0 Å². The van der Waals surface area contributed by atoms with Gasteiger partial charge in [-0.3, -0.25) is 0 Å². The minimum absolute atomic E-state index is 0.352. The van der Waals surface area contributed by atoms with Gasteiger partial charge >= 0.3 is 0 Å². The van der Waals surface area contributed by atoms with Crippen molar-refractivity contribution in [2.45, 2.75) is 37.9 Å². The molecule has 2 atom stereocenters. The molecule has 1 aliphatic rings. The highest BCUT2D eigenvalue weighted by atomic mass is 16.5. The normalized spacial score (nSPS) is 24.0. The van der Waals surface area contributed by atoms with Gasteiger partial charge in [-0.25, -0.2) is 0 Å². The Morgan fingerprint density at radius 2 is 2.40 bits per heavy atom. The molecule has 0 bridgehead atoms. The highest BCUT2D eigenvalue weighted by molar-refractivity contribution is 4.67. The van der Waals surface area contributed by atoms with Crippen LogP contribution in [0.2, 0.25) is 0 Å². The van der Waals surface area contributed by atoms with Crippen molar-refractivity contribution in [2.24, 2.45) is 0 Å². The van der Waals surface area contributed by atoms with Gasteiger partial charge < -0.3 is 19.9 Å². The standard InChI is InChI=1S/C11H23NO3/c1-14-9-10(13)5-6-12-8-11-4-2-3-7-15-11/h10-13H,2-9H2,1H3. The molecule has 2 N–H and O–H groups in total. The lowest BCUT2D eigenvalue weighted by atomic mass is 10.1. The molecule has 15 heavy (non-hydrogen) atoms. The van der Waals surface area contributed by atoms with Crippen LogP contribution in [0, 0.1) is 0 Å². The van der Waals surface area contributed by atoms with Crippen LogP contribution < -0.4 is 5.32 Å². The third-order valence-electron chi connectivity index (χ3n) is 2.66. The van der Waals surface area contributed by atoms with Gasteiger partial charge in [0.1, 0.15) is 0 Å². The Morgan fingerprint density at radius 3 is 3.07 bits per heavy atom. The average Bonchev–Trinajstić information content (AvgIpc) is 2.26. The number of aliphatic hydroxyl groups is 1. The van der Waals surface area contributed by atoms with E-state index in [1.54, 1.807) is 7.11 Å². The second kappa shape index (κ2) is 8.05.